The van der Waals surface area contributed by atoms with Crippen LogP contribution in [0.4, 0.5) is 35.1 Å². The van der Waals surface area contributed by atoms with Gasteiger partial charge >= 0.3 is 32.5 Å². The molecule has 14 heteroatoms. The van der Waals surface area contributed by atoms with Gasteiger partial charge in [0.15, 0.2) is 0 Å². The van der Waals surface area contributed by atoms with Crippen LogP contribution in [0.2, 0.25) is 0 Å². The maximum Gasteiger partial charge on any atom is 0.472 e. The normalized spacial score (nSPS) is 13.5. The van der Waals surface area contributed by atoms with Gasteiger partial charge in [-0.15, -0.1) is 0 Å². The predicted molar refractivity (Wildman–Crippen MR) is 86.2 cm³/mol. The third kappa shape index (κ3) is 15.4. The van der Waals surface area contributed by atoms with Crippen molar-refractivity contribution in [3.63, 3.8) is 0 Å². The lowest BCUT2D eigenvalue weighted by Gasteiger charge is -2.20. The van der Waals surface area contributed by atoms with Crippen LogP contribution in [-0.4, -0.2) is 55.9 Å². The number of phosphoric acid groups is 1. The highest BCUT2D eigenvalue weighted by Gasteiger charge is 2.46. The zero-order chi connectivity index (χ0) is 22.8. The lowest BCUT2D eigenvalue weighted by molar-refractivity contribution is -0.161. The van der Waals surface area contributed by atoms with Crippen LogP contribution < -0.4 is 5.32 Å². The van der Waals surface area contributed by atoms with Crippen LogP contribution in [-0.2, 0) is 13.6 Å². The van der Waals surface area contributed by atoms with Gasteiger partial charge in [0.05, 0.1) is 0 Å². The molecular weight excluding hydrogens is 429 g/mol. The smallest absolute Gasteiger partial charge is 0.316 e. The summed E-state index contributed by atoms with van der Waals surface area (Å²) in [5.41, 5.74) is 0. The van der Waals surface area contributed by atoms with E-state index in [9.17, 15) is 39.7 Å². The van der Waals surface area contributed by atoms with Crippen molar-refractivity contribution in [2.45, 2.75) is 52.4 Å². The summed E-state index contributed by atoms with van der Waals surface area (Å²) in [7, 11) is -5.59. The molecule has 0 saturated carbocycles. The van der Waals surface area contributed by atoms with Gasteiger partial charge in [-0.25, -0.2) is 22.1 Å². The third-order valence-corrected chi connectivity index (χ3v) is 3.49. The summed E-state index contributed by atoms with van der Waals surface area (Å²) in [4.78, 5) is 8.56. The van der Waals surface area contributed by atoms with Crippen LogP contribution in [0.25, 0.3) is 0 Å². The standard InChI is InChI=1S/C8H19N.C6H7F8O4P/c1-7(2)5-9-6-8(3)4;7-3(8)5(11,12)1-17-19(15,16)18-2-6(13,14)4(9)10/h7-9H,5-6H2,1-4H3;3-4H,1-2H2,(H,15,16). The number of hydrogen-bond donors (Lipinski definition) is 2. The molecule has 5 nitrogen and oxygen atoms in total. The zero-order valence-electron chi connectivity index (χ0n) is 15.8. The number of halogens is 8. The molecule has 2 N–H and O–H groups in total. The SMILES string of the molecule is CC(C)CNCC(C)C.O=P(O)(OCC(F)(F)C(F)F)OCC(F)(F)C(F)F. The molecule has 0 unspecified atom stereocenters. The Bertz CT molecular complexity index is 431. The van der Waals surface area contributed by atoms with Gasteiger partial charge in [0, 0.05) is 0 Å². The van der Waals surface area contributed by atoms with Gasteiger partial charge in [0.2, 0.25) is 0 Å². The maximum atomic E-state index is 12.2. The summed E-state index contributed by atoms with van der Waals surface area (Å²) in [5.74, 6) is -8.09. The van der Waals surface area contributed by atoms with Crippen LogP contribution in [0.1, 0.15) is 27.7 Å². The summed E-state index contributed by atoms with van der Waals surface area (Å²) in [6.07, 6.45) is -8.48. The Balaban J connectivity index is 0. The van der Waals surface area contributed by atoms with Gasteiger partial charge in [-0.2, -0.15) is 17.6 Å². The molecular formula is C14H26F8NO4P. The molecule has 0 bridgehead atoms. The Hall–Kier alpha value is -0.490. The molecule has 0 radical (unpaired) electrons. The summed E-state index contributed by atoms with van der Waals surface area (Å²) in [6.45, 7) is 6.61. The molecule has 0 aromatic carbocycles. The fourth-order valence-electron chi connectivity index (χ4n) is 1.16. The van der Waals surface area contributed by atoms with E-state index >= 15 is 0 Å². The molecule has 0 heterocycles. The van der Waals surface area contributed by atoms with E-state index in [0.29, 0.717) is 0 Å². The Labute approximate surface area is 158 Å². The summed E-state index contributed by atoms with van der Waals surface area (Å²) < 4.78 is 113. The molecule has 0 aromatic rings. The molecule has 0 saturated heterocycles. The van der Waals surface area contributed by atoms with Crippen LogP contribution in [0.3, 0.4) is 0 Å². The fourth-order valence-corrected chi connectivity index (χ4v) is 1.90. The molecule has 172 valence electrons. The van der Waals surface area contributed by atoms with Crippen LogP contribution >= 0.6 is 7.82 Å². The zero-order valence-corrected chi connectivity index (χ0v) is 16.7. The molecule has 0 aliphatic heterocycles. The van der Waals surface area contributed by atoms with E-state index in [1.54, 1.807) is 0 Å². The number of phosphoric ester groups is 1. The molecule has 0 spiro atoms. The molecule has 0 aliphatic carbocycles. The minimum atomic E-state index is -5.59. The second kappa shape index (κ2) is 12.9. The third-order valence-electron chi connectivity index (χ3n) is 2.58. The fraction of sp³-hybridized carbons (Fsp3) is 1.00. The first-order valence-electron chi connectivity index (χ1n) is 8.07. The van der Waals surface area contributed by atoms with Gasteiger partial charge < -0.3 is 10.2 Å². The van der Waals surface area contributed by atoms with Crippen LogP contribution in [0, 0.1) is 11.8 Å². The van der Waals surface area contributed by atoms with Gasteiger partial charge in [-0.05, 0) is 24.9 Å². The molecule has 0 aromatic heterocycles. The average molecular weight is 455 g/mol. The molecule has 0 fully saturated rings. The van der Waals surface area contributed by atoms with E-state index < -0.39 is 45.7 Å². The molecule has 28 heavy (non-hydrogen) atoms. The Morgan fingerprint density at radius 3 is 1.32 bits per heavy atom. The first-order chi connectivity index (χ1) is 12.4. The van der Waals surface area contributed by atoms with Crippen molar-refractivity contribution in [3.05, 3.63) is 0 Å². The second-order valence-corrected chi connectivity index (χ2v) is 8.04. The van der Waals surface area contributed by atoms with Crippen LogP contribution in [0.5, 0.6) is 0 Å². The van der Waals surface area contributed by atoms with Crippen molar-refractivity contribution in [1.29, 1.82) is 0 Å². The van der Waals surface area contributed by atoms with Gasteiger partial charge in [-0.3, -0.25) is 9.05 Å². The highest BCUT2D eigenvalue weighted by molar-refractivity contribution is 7.47. The minimum absolute atomic E-state index is 0.781. The predicted octanol–water partition coefficient (Wildman–Crippen LogP) is 4.81. The van der Waals surface area contributed by atoms with Crippen molar-refractivity contribution in [3.8, 4) is 0 Å². The first-order valence-corrected chi connectivity index (χ1v) is 9.57. The highest BCUT2D eigenvalue weighted by atomic mass is 31.2. The van der Waals surface area contributed by atoms with Gasteiger partial charge in [-0.1, -0.05) is 27.7 Å². The van der Waals surface area contributed by atoms with Crippen molar-refractivity contribution in [2.24, 2.45) is 11.8 Å². The van der Waals surface area contributed by atoms with Gasteiger partial charge in [0.25, 0.3) is 0 Å². The van der Waals surface area contributed by atoms with E-state index in [1.165, 1.54) is 0 Å². The van der Waals surface area contributed by atoms with Crippen molar-refractivity contribution >= 4 is 7.82 Å². The van der Waals surface area contributed by atoms with E-state index in [-0.39, 0.29) is 0 Å². The van der Waals surface area contributed by atoms with E-state index in [2.05, 4.69) is 42.1 Å². The summed E-state index contributed by atoms with van der Waals surface area (Å²) >= 11 is 0. The van der Waals surface area contributed by atoms with Crippen molar-refractivity contribution in [2.75, 3.05) is 26.3 Å². The first kappa shape index (κ1) is 29.7. The monoisotopic (exact) mass is 455 g/mol. The topological polar surface area (TPSA) is 67.8 Å². The molecule has 0 amide bonds. The summed E-state index contributed by atoms with van der Waals surface area (Å²) in [6, 6.07) is 0. The largest absolute Gasteiger partial charge is 0.472 e. The quantitative estimate of drug-likeness (QED) is 0.327. The lowest BCUT2D eigenvalue weighted by Crippen LogP contribution is -2.33. The van der Waals surface area contributed by atoms with Gasteiger partial charge in [0.1, 0.15) is 13.2 Å². The molecule has 0 rings (SSSR count). The second-order valence-electron chi connectivity index (χ2n) is 6.58. The Morgan fingerprint density at radius 1 is 0.821 bits per heavy atom. The number of rotatable bonds is 12. The highest BCUT2D eigenvalue weighted by Crippen LogP contribution is 2.46. The van der Waals surface area contributed by atoms with E-state index in [0.717, 1.165) is 24.9 Å². The lowest BCUT2D eigenvalue weighted by atomic mass is 10.2. The van der Waals surface area contributed by atoms with Crippen LogP contribution in [0.15, 0.2) is 0 Å². The maximum absolute atomic E-state index is 12.2. The Kier molecular flexibility index (Phi) is 13.7. The minimum Gasteiger partial charge on any atom is -0.316 e. The van der Waals surface area contributed by atoms with Crippen molar-refractivity contribution in [1.82, 2.24) is 5.32 Å². The van der Waals surface area contributed by atoms with E-state index in [1.807, 2.05) is 0 Å². The number of hydrogen-bond acceptors (Lipinski definition) is 4. The molecule has 0 atom stereocenters. The van der Waals surface area contributed by atoms with Crippen molar-refractivity contribution < 1.29 is 53.6 Å². The average Bonchev–Trinajstić information content (AvgIpc) is 2.51. The molecule has 0 aliphatic rings. The number of alkyl halides is 8. The summed E-state index contributed by atoms with van der Waals surface area (Å²) in [5, 5.41) is 3.38. The van der Waals surface area contributed by atoms with E-state index in [4.69, 9.17) is 4.89 Å². The number of nitrogens with one attached hydrogen (secondary N) is 1. The Morgan fingerprint density at radius 2 is 1.11 bits per heavy atom.